The van der Waals surface area contributed by atoms with Gasteiger partial charge >= 0.3 is 224 Å². The van der Waals surface area contributed by atoms with Gasteiger partial charge in [-0.3, -0.25) is 0 Å². The minimum absolute atomic E-state index is 0. The van der Waals surface area contributed by atoms with Crippen molar-refractivity contribution in [3.8, 4) is 22.3 Å². The molecule has 0 saturated heterocycles. The molecule has 0 saturated carbocycles. The van der Waals surface area contributed by atoms with Crippen molar-refractivity contribution in [3.05, 3.63) is 130 Å². The molecular formula is C36H42Cl2SiZr. The van der Waals surface area contributed by atoms with Crippen LogP contribution >= 0.6 is 24.8 Å². The third-order valence-electron chi connectivity index (χ3n) is 8.50. The summed E-state index contributed by atoms with van der Waals surface area (Å²) in [4.78, 5) is 0. The van der Waals surface area contributed by atoms with E-state index < -0.39 is 19.4 Å². The minimum Gasteiger partial charge on any atom is -0.147 e. The molecule has 4 aromatic rings. The molecule has 2 aliphatic carbocycles. The van der Waals surface area contributed by atoms with Gasteiger partial charge in [-0.25, -0.2) is 0 Å². The van der Waals surface area contributed by atoms with Gasteiger partial charge in [0.2, 0.25) is 0 Å². The summed E-state index contributed by atoms with van der Waals surface area (Å²) in [6.07, 6.45) is 6.25. The fraction of sp³-hybridized carbons (Fsp3) is 0.222. The van der Waals surface area contributed by atoms with E-state index in [0.29, 0.717) is 7.25 Å². The molecule has 0 aliphatic heterocycles. The summed E-state index contributed by atoms with van der Waals surface area (Å²) in [5, 5.41) is 0. The molecule has 40 heavy (non-hydrogen) atoms. The van der Waals surface area contributed by atoms with E-state index in [1.54, 1.807) is 22.3 Å². The third kappa shape index (κ3) is 5.71. The van der Waals surface area contributed by atoms with Gasteiger partial charge in [-0.05, 0) is 0 Å². The van der Waals surface area contributed by atoms with Gasteiger partial charge in [0.15, 0.2) is 0 Å². The molecule has 0 fully saturated rings. The van der Waals surface area contributed by atoms with E-state index >= 15 is 0 Å². The summed E-state index contributed by atoms with van der Waals surface area (Å²) in [6.45, 7) is 8.79. The van der Waals surface area contributed by atoms with Crippen LogP contribution in [0.1, 0.15) is 63.6 Å². The number of benzene rings is 4. The smallest absolute Gasteiger partial charge is 0.147 e. The van der Waals surface area contributed by atoms with Crippen LogP contribution in [-0.2, 0) is 19.4 Å². The molecule has 0 spiro atoms. The first kappa shape index (κ1) is 32.6. The third-order valence-corrected chi connectivity index (χ3v) is 26.2. The van der Waals surface area contributed by atoms with E-state index in [1.807, 2.05) is 13.8 Å². The fourth-order valence-electron chi connectivity index (χ4n) is 7.09. The zero-order valence-electron chi connectivity index (χ0n) is 24.6. The van der Waals surface area contributed by atoms with Crippen LogP contribution in [0.2, 0.25) is 4.63 Å². The normalized spacial score (nSPS) is 18.0. The maximum atomic E-state index is 2.77. The summed E-state index contributed by atoms with van der Waals surface area (Å²) < 4.78 is 4.08. The van der Waals surface area contributed by atoms with Crippen molar-refractivity contribution in [2.45, 2.75) is 46.0 Å². The average molecular weight is 665 g/mol. The van der Waals surface area contributed by atoms with Gasteiger partial charge in [0.1, 0.15) is 0 Å². The Balaban J connectivity index is 0.00000108. The zero-order valence-corrected chi connectivity index (χ0v) is 30.7. The van der Waals surface area contributed by atoms with Gasteiger partial charge in [0.25, 0.3) is 0 Å². The predicted molar refractivity (Wildman–Crippen MR) is 183 cm³/mol. The zero-order chi connectivity index (χ0) is 26.9. The predicted octanol–water partition coefficient (Wildman–Crippen LogP) is 10.4. The molecule has 208 valence electrons. The molecule has 0 heterocycles. The molecule has 3 unspecified atom stereocenters. The maximum absolute atomic E-state index is 2.77. The Labute approximate surface area is 260 Å². The largest absolute Gasteiger partial charge is 0.147 e. The van der Waals surface area contributed by atoms with Crippen LogP contribution < -0.4 is 0 Å². The second-order valence-electron chi connectivity index (χ2n) is 11.0. The number of hydrogen-bond acceptors (Lipinski definition) is 0. The van der Waals surface area contributed by atoms with Gasteiger partial charge in [-0.2, -0.15) is 0 Å². The molecule has 0 amide bonds. The van der Waals surface area contributed by atoms with E-state index in [0.717, 1.165) is 6.42 Å². The van der Waals surface area contributed by atoms with Crippen LogP contribution in [-0.4, -0.2) is 7.37 Å². The standard InChI is InChI=1S/C17H15.C16H13.C2H6.CH3.2ClH.H3Si.Zr/c1-2-13-11-15-9-6-10-16(17(15)12-13)14-7-4-3-5-8-14;1-12-10-14-8-5-9-15(16(14)11-12)13-6-3-2-4-7-13;1-2;;;;;/h3-12H,2H2,1H3;2-11H,1H3;1-2H3;1H3;2*1H;1H3;. The second kappa shape index (κ2) is 13.8. The van der Waals surface area contributed by atoms with Crippen LogP contribution in [0.15, 0.2) is 108 Å². The van der Waals surface area contributed by atoms with E-state index in [9.17, 15) is 0 Å². The molecule has 6 rings (SSSR count). The number of hydrogen-bond donors (Lipinski definition) is 0. The quantitative estimate of drug-likeness (QED) is 0.186. The second-order valence-corrected chi connectivity index (χ2v) is 35.5. The molecule has 4 aromatic carbocycles. The molecule has 0 nitrogen and oxygen atoms in total. The molecular weight excluding hydrogens is 623 g/mol. The van der Waals surface area contributed by atoms with E-state index in [4.69, 9.17) is 0 Å². The van der Waals surface area contributed by atoms with Crippen molar-refractivity contribution < 1.29 is 19.4 Å². The molecule has 0 aromatic heterocycles. The van der Waals surface area contributed by atoms with Crippen molar-refractivity contribution in [2.75, 3.05) is 0 Å². The topological polar surface area (TPSA) is 0 Å². The number of halogens is 2. The van der Waals surface area contributed by atoms with Gasteiger partial charge in [0, 0.05) is 0 Å². The van der Waals surface area contributed by atoms with Crippen molar-refractivity contribution in [3.63, 3.8) is 0 Å². The summed E-state index contributed by atoms with van der Waals surface area (Å²) >= 11 is -2.71. The Bertz CT molecular complexity index is 1510. The Morgan fingerprint density at radius 1 is 0.625 bits per heavy atom. The van der Waals surface area contributed by atoms with Gasteiger partial charge < -0.3 is 0 Å². The van der Waals surface area contributed by atoms with Gasteiger partial charge in [-0.1, -0.05) is 13.8 Å². The van der Waals surface area contributed by atoms with Crippen molar-refractivity contribution in [2.24, 2.45) is 0 Å². The molecule has 0 radical (unpaired) electrons. The number of fused-ring (bicyclic) bond motifs is 2. The molecule has 3 atom stereocenters. The first-order chi connectivity index (χ1) is 18.5. The van der Waals surface area contributed by atoms with Crippen molar-refractivity contribution in [1.82, 2.24) is 0 Å². The maximum Gasteiger partial charge on any atom is -0.147 e. The molecule has 2 aliphatic rings. The average Bonchev–Trinajstić information content (AvgIpc) is 3.52. The van der Waals surface area contributed by atoms with Crippen LogP contribution in [0.4, 0.5) is 0 Å². The monoisotopic (exact) mass is 662 g/mol. The van der Waals surface area contributed by atoms with Gasteiger partial charge in [0.05, 0.1) is 0 Å². The summed E-state index contributed by atoms with van der Waals surface area (Å²) in [7, 11) is 1.32. The summed E-state index contributed by atoms with van der Waals surface area (Å²) in [5.41, 5.74) is 14.9. The Morgan fingerprint density at radius 2 is 1.07 bits per heavy atom. The van der Waals surface area contributed by atoms with E-state index in [2.05, 4.69) is 128 Å². The Hall–Kier alpha value is -1.96. The van der Waals surface area contributed by atoms with Crippen LogP contribution in [0.3, 0.4) is 0 Å². The van der Waals surface area contributed by atoms with Crippen LogP contribution in [0.25, 0.3) is 34.4 Å². The first-order valence-electron chi connectivity index (χ1n) is 14.3. The Morgan fingerprint density at radius 3 is 1.55 bits per heavy atom. The minimum atomic E-state index is -2.71. The van der Waals surface area contributed by atoms with Crippen molar-refractivity contribution >= 4 is 44.3 Å². The number of rotatable bonds is 5. The Kier molecular flexibility index (Phi) is 11.2. The SMILES string of the molecule is CC.CCC1=Cc2c(-c3ccccc3)cccc2[CH]1[Zr]([CH3])([SiH3])[CH]1C(C)=Cc2c(-c3ccccc3)cccc21.Cl.Cl. The van der Waals surface area contributed by atoms with Crippen LogP contribution in [0.5, 0.6) is 0 Å². The number of allylic oxidation sites excluding steroid dienone is 2. The molecule has 0 bridgehead atoms. The summed E-state index contributed by atoms with van der Waals surface area (Å²) in [6, 6.07) is 36.0. The van der Waals surface area contributed by atoms with Gasteiger partial charge in [-0.15, -0.1) is 24.8 Å². The van der Waals surface area contributed by atoms with Crippen molar-refractivity contribution in [1.29, 1.82) is 0 Å². The first-order valence-corrected chi connectivity index (χ1v) is 27.9. The fourth-order valence-corrected chi connectivity index (χ4v) is 27.8. The molecule has 0 N–H and O–H groups in total. The van der Waals surface area contributed by atoms with E-state index in [-0.39, 0.29) is 24.8 Å². The van der Waals surface area contributed by atoms with E-state index in [1.165, 1.54) is 40.7 Å². The molecule has 4 heteroatoms. The van der Waals surface area contributed by atoms with Crippen LogP contribution in [0, 0.1) is 0 Å². The summed E-state index contributed by atoms with van der Waals surface area (Å²) in [5.74, 6) is 0.